The Morgan fingerprint density at radius 2 is 1.87 bits per heavy atom. The van der Waals surface area contributed by atoms with Crippen molar-refractivity contribution in [1.82, 2.24) is 14.8 Å². The van der Waals surface area contributed by atoms with Crippen molar-refractivity contribution in [2.24, 2.45) is 0 Å². The van der Waals surface area contributed by atoms with Gasteiger partial charge >= 0.3 is 0 Å². The Balaban J connectivity index is 2.58. The Morgan fingerprint density at radius 1 is 1.20 bits per heavy atom. The SMILES string of the molecule is CN(C)c1ccc(N)cc1-n1cnnc1. The second-order valence-corrected chi connectivity index (χ2v) is 3.51. The van der Waals surface area contributed by atoms with Crippen LogP contribution in [0.4, 0.5) is 11.4 Å². The van der Waals surface area contributed by atoms with E-state index in [1.807, 2.05) is 41.8 Å². The third-order valence-corrected chi connectivity index (χ3v) is 2.18. The fourth-order valence-corrected chi connectivity index (χ4v) is 1.45. The van der Waals surface area contributed by atoms with Crippen LogP contribution in [0.15, 0.2) is 30.9 Å². The minimum Gasteiger partial charge on any atom is -0.399 e. The van der Waals surface area contributed by atoms with Gasteiger partial charge in [-0.15, -0.1) is 10.2 Å². The summed E-state index contributed by atoms with van der Waals surface area (Å²) >= 11 is 0. The van der Waals surface area contributed by atoms with E-state index in [1.165, 1.54) is 0 Å². The van der Waals surface area contributed by atoms with Crippen molar-refractivity contribution in [2.75, 3.05) is 24.7 Å². The van der Waals surface area contributed by atoms with Gasteiger partial charge in [0, 0.05) is 19.8 Å². The van der Waals surface area contributed by atoms with E-state index in [1.54, 1.807) is 12.7 Å². The average molecular weight is 203 g/mol. The summed E-state index contributed by atoms with van der Waals surface area (Å²) in [5.41, 5.74) is 8.54. The van der Waals surface area contributed by atoms with Gasteiger partial charge in [0.15, 0.2) is 0 Å². The molecular weight excluding hydrogens is 190 g/mol. The second kappa shape index (κ2) is 3.61. The lowest BCUT2D eigenvalue weighted by molar-refractivity contribution is 1.02. The maximum atomic E-state index is 5.76. The molecule has 2 aromatic rings. The summed E-state index contributed by atoms with van der Waals surface area (Å²) in [6, 6.07) is 5.76. The van der Waals surface area contributed by atoms with Crippen molar-refractivity contribution < 1.29 is 0 Å². The number of hydrogen-bond acceptors (Lipinski definition) is 4. The van der Waals surface area contributed by atoms with Gasteiger partial charge in [0.1, 0.15) is 12.7 Å². The highest BCUT2D eigenvalue weighted by Crippen LogP contribution is 2.24. The molecule has 0 amide bonds. The van der Waals surface area contributed by atoms with Crippen molar-refractivity contribution in [2.45, 2.75) is 0 Å². The molecule has 1 aromatic carbocycles. The van der Waals surface area contributed by atoms with Gasteiger partial charge in [0.2, 0.25) is 0 Å². The van der Waals surface area contributed by atoms with Gasteiger partial charge in [-0.2, -0.15) is 0 Å². The smallest absolute Gasteiger partial charge is 0.123 e. The Bertz CT molecular complexity index is 447. The molecular formula is C10H13N5. The van der Waals surface area contributed by atoms with Gasteiger partial charge in [0.25, 0.3) is 0 Å². The van der Waals surface area contributed by atoms with Crippen LogP contribution in [0.5, 0.6) is 0 Å². The summed E-state index contributed by atoms with van der Waals surface area (Å²) < 4.78 is 1.84. The van der Waals surface area contributed by atoms with E-state index in [4.69, 9.17) is 5.73 Å². The molecule has 0 radical (unpaired) electrons. The highest BCUT2D eigenvalue weighted by atomic mass is 15.2. The first-order valence-electron chi connectivity index (χ1n) is 4.60. The van der Waals surface area contributed by atoms with Gasteiger partial charge in [-0.25, -0.2) is 0 Å². The molecule has 2 rings (SSSR count). The number of hydrogen-bond donors (Lipinski definition) is 1. The quantitative estimate of drug-likeness (QED) is 0.737. The Labute approximate surface area is 88.1 Å². The van der Waals surface area contributed by atoms with E-state index in [-0.39, 0.29) is 0 Å². The molecule has 0 atom stereocenters. The number of nitrogens with zero attached hydrogens (tertiary/aromatic N) is 4. The van der Waals surface area contributed by atoms with Crippen LogP contribution >= 0.6 is 0 Å². The average Bonchev–Trinajstić information content (AvgIpc) is 2.69. The van der Waals surface area contributed by atoms with E-state index in [2.05, 4.69) is 10.2 Å². The second-order valence-electron chi connectivity index (χ2n) is 3.51. The van der Waals surface area contributed by atoms with Crippen molar-refractivity contribution in [3.63, 3.8) is 0 Å². The van der Waals surface area contributed by atoms with E-state index in [9.17, 15) is 0 Å². The monoisotopic (exact) mass is 203 g/mol. The lowest BCUT2D eigenvalue weighted by atomic mass is 10.2. The van der Waals surface area contributed by atoms with E-state index >= 15 is 0 Å². The maximum Gasteiger partial charge on any atom is 0.123 e. The minimum absolute atomic E-state index is 0.726. The summed E-state index contributed by atoms with van der Waals surface area (Å²) in [6.07, 6.45) is 3.31. The van der Waals surface area contributed by atoms with Crippen LogP contribution in [0.2, 0.25) is 0 Å². The predicted octanol–water partition coefficient (Wildman–Crippen LogP) is 0.915. The minimum atomic E-state index is 0.726. The molecule has 5 heteroatoms. The fraction of sp³-hybridized carbons (Fsp3) is 0.200. The third-order valence-electron chi connectivity index (χ3n) is 2.18. The number of nitrogens with two attached hydrogens (primary N) is 1. The first-order valence-corrected chi connectivity index (χ1v) is 4.60. The van der Waals surface area contributed by atoms with Crippen molar-refractivity contribution in [1.29, 1.82) is 0 Å². The standard InChI is InChI=1S/C10H13N5/c1-14(2)9-4-3-8(11)5-10(9)15-6-12-13-7-15/h3-7H,11H2,1-2H3. The molecule has 0 bridgehead atoms. The van der Waals surface area contributed by atoms with Crippen molar-refractivity contribution in [3.8, 4) is 5.69 Å². The molecule has 0 unspecified atom stereocenters. The van der Waals surface area contributed by atoms with Gasteiger partial charge in [0.05, 0.1) is 11.4 Å². The van der Waals surface area contributed by atoms with E-state index in [0.29, 0.717) is 0 Å². The summed E-state index contributed by atoms with van der Waals surface area (Å²) in [6.45, 7) is 0. The summed E-state index contributed by atoms with van der Waals surface area (Å²) in [5.74, 6) is 0. The van der Waals surface area contributed by atoms with Crippen LogP contribution in [-0.2, 0) is 0 Å². The van der Waals surface area contributed by atoms with Gasteiger partial charge in [-0.3, -0.25) is 4.57 Å². The highest BCUT2D eigenvalue weighted by Gasteiger charge is 2.06. The number of nitrogen functional groups attached to an aromatic ring is 1. The Kier molecular flexibility index (Phi) is 2.29. The number of aromatic nitrogens is 3. The lowest BCUT2D eigenvalue weighted by Crippen LogP contribution is -2.12. The molecule has 1 aromatic heterocycles. The third kappa shape index (κ3) is 1.76. The molecule has 0 spiro atoms. The fourth-order valence-electron chi connectivity index (χ4n) is 1.45. The highest BCUT2D eigenvalue weighted by molar-refractivity contribution is 5.67. The largest absolute Gasteiger partial charge is 0.399 e. The van der Waals surface area contributed by atoms with Gasteiger partial charge in [-0.05, 0) is 18.2 Å². The summed E-state index contributed by atoms with van der Waals surface area (Å²) in [4.78, 5) is 2.02. The zero-order valence-electron chi connectivity index (χ0n) is 8.75. The van der Waals surface area contributed by atoms with Gasteiger partial charge in [-0.1, -0.05) is 0 Å². The van der Waals surface area contributed by atoms with Crippen LogP contribution in [0.1, 0.15) is 0 Å². The molecule has 5 nitrogen and oxygen atoms in total. The maximum absolute atomic E-state index is 5.76. The number of benzene rings is 1. The molecule has 78 valence electrons. The van der Waals surface area contributed by atoms with Crippen molar-refractivity contribution in [3.05, 3.63) is 30.9 Å². The molecule has 0 fully saturated rings. The summed E-state index contributed by atoms with van der Waals surface area (Å²) in [7, 11) is 3.97. The first kappa shape index (κ1) is 9.51. The van der Waals surface area contributed by atoms with Crippen LogP contribution in [0, 0.1) is 0 Å². The zero-order chi connectivity index (χ0) is 10.8. The Morgan fingerprint density at radius 3 is 2.47 bits per heavy atom. The normalized spacial score (nSPS) is 10.3. The number of rotatable bonds is 2. The summed E-state index contributed by atoms with van der Waals surface area (Å²) in [5, 5.41) is 7.56. The molecule has 2 N–H and O–H groups in total. The molecule has 0 saturated carbocycles. The van der Waals surface area contributed by atoms with Crippen molar-refractivity contribution >= 4 is 11.4 Å². The van der Waals surface area contributed by atoms with Gasteiger partial charge < -0.3 is 10.6 Å². The molecule has 0 aliphatic rings. The number of anilines is 2. The molecule has 15 heavy (non-hydrogen) atoms. The predicted molar refractivity (Wildman–Crippen MR) is 60.1 cm³/mol. The van der Waals surface area contributed by atoms with Crippen LogP contribution < -0.4 is 10.6 Å². The zero-order valence-corrected chi connectivity index (χ0v) is 8.75. The van der Waals surface area contributed by atoms with E-state index in [0.717, 1.165) is 17.1 Å². The molecule has 1 heterocycles. The molecule has 0 saturated heterocycles. The molecule has 0 aliphatic heterocycles. The van der Waals surface area contributed by atoms with Crippen LogP contribution in [0.3, 0.4) is 0 Å². The van der Waals surface area contributed by atoms with Crippen LogP contribution in [0.25, 0.3) is 5.69 Å². The van der Waals surface area contributed by atoms with E-state index < -0.39 is 0 Å². The lowest BCUT2D eigenvalue weighted by Gasteiger charge is -2.17. The first-order chi connectivity index (χ1) is 7.18. The van der Waals surface area contributed by atoms with Crippen LogP contribution in [-0.4, -0.2) is 28.9 Å². The Hall–Kier alpha value is -2.04. The topological polar surface area (TPSA) is 60.0 Å². The molecule has 0 aliphatic carbocycles.